The minimum atomic E-state index is -0.0692. The molecule has 19 heavy (non-hydrogen) atoms. The summed E-state index contributed by atoms with van der Waals surface area (Å²) in [6.07, 6.45) is 4.56. The van der Waals surface area contributed by atoms with Gasteiger partial charge in [0.2, 0.25) is 11.8 Å². The van der Waals surface area contributed by atoms with Crippen molar-refractivity contribution in [3.8, 4) is 0 Å². The monoisotopic (exact) mass is 267 g/mol. The van der Waals surface area contributed by atoms with Crippen molar-refractivity contribution in [2.24, 2.45) is 0 Å². The summed E-state index contributed by atoms with van der Waals surface area (Å²) in [4.78, 5) is 25.7. The Morgan fingerprint density at radius 2 is 2.11 bits per heavy atom. The molecule has 0 radical (unpaired) electrons. The van der Waals surface area contributed by atoms with Gasteiger partial charge in [-0.15, -0.1) is 0 Å². The Bertz CT molecular complexity index is 340. The van der Waals surface area contributed by atoms with Crippen LogP contribution < -0.4 is 10.6 Å². The highest BCUT2D eigenvalue weighted by Crippen LogP contribution is 2.19. The zero-order chi connectivity index (χ0) is 13.8. The number of hydrogen-bond donors (Lipinski definition) is 2. The first kappa shape index (κ1) is 14.3. The van der Waals surface area contributed by atoms with E-state index in [1.165, 1.54) is 0 Å². The molecule has 2 amide bonds. The lowest BCUT2D eigenvalue weighted by Crippen LogP contribution is -2.52. The minimum absolute atomic E-state index is 0.0692. The largest absolute Gasteiger partial charge is 0.353 e. The second-order valence-electron chi connectivity index (χ2n) is 5.93. The van der Waals surface area contributed by atoms with Gasteiger partial charge in [0.05, 0.1) is 6.04 Å². The Hall–Kier alpha value is -1.10. The van der Waals surface area contributed by atoms with E-state index in [1.807, 2.05) is 4.90 Å². The SMILES string of the molecule is CC(C)NC1CCCN(CCC(=O)NC2CC2)C1=O. The van der Waals surface area contributed by atoms with E-state index in [2.05, 4.69) is 24.5 Å². The predicted molar refractivity (Wildman–Crippen MR) is 73.7 cm³/mol. The number of carbonyl (C=O) groups is 2. The molecule has 5 nitrogen and oxygen atoms in total. The van der Waals surface area contributed by atoms with Gasteiger partial charge < -0.3 is 15.5 Å². The molecule has 1 heterocycles. The number of piperidine rings is 1. The van der Waals surface area contributed by atoms with Crippen LogP contribution in [0.1, 0.15) is 46.0 Å². The van der Waals surface area contributed by atoms with Crippen LogP contribution in [-0.4, -0.2) is 47.9 Å². The Labute approximate surface area is 115 Å². The van der Waals surface area contributed by atoms with E-state index in [4.69, 9.17) is 0 Å². The Balaban J connectivity index is 1.75. The van der Waals surface area contributed by atoms with Gasteiger partial charge in [0, 0.05) is 31.6 Å². The fourth-order valence-electron chi connectivity index (χ4n) is 2.48. The summed E-state index contributed by atoms with van der Waals surface area (Å²) in [5.41, 5.74) is 0. The third kappa shape index (κ3) is 4.49. The fraction of sp³-hybridized carbons (Fsp3) is 0.857. The summed E-state index contributed by atoms with van der Waals surface area (Å²) in [5, 5.41) is 6.26. The Kier molecular flexibility index (Phi) is 4.80. The maximum Gasteiger partial charge on any atom is 0.239 e. The normalized spacial score (nSPS) is 23.8. The molecule has 1 unspecified atom stereocenters. The number of nitrogens with one attached hydrogen (secondary N) is 2. The third-order valence-electron chi connectivity index (χ3n) is 3.62. The number of nitrogens with zero attached hydrogens (tertiary/aromatic N) is 1. The van der Waals surface area contributed by atoms with Gasteiger partial charge >= 0.3 is 0 Å². The van der Waals surface area contributed by atoms with Crippen molar-refractivity contribution in [1.82, 2.24) is 15.5 Å². The highest BCUT2D eigenvalue weighted by Gasteiger charge is 2.29. The second-order valence-corrected chi connectivity index (χ2v) is 5.93. The average molecular weight is 267 g/mol. The lowest BCUT2D eigenvalue weighted by molar-refractivity contribution is -0.136. The fourth-order valence-corrected chi connectivity index (χ4v) is 2.48. The zero-order valence-electron chi connectivity index (χ0n) is 11.9. The maximum absolute atomic E-state index is 12.2. The quantitative estimate of drug-likeness (QED) is 0.742. The van der Waals surface area contributed by atoms with Crippen LogP contribution in [0.2, 0.25) is 0 Å². The number of likely N-dealkylation sites (tertiary alicyclic amines) is 1. The van der Waals surface area contributed by atoms with Gasteiger partial charge in [-0.25, -0.2) is 0 Å². The summed E-state index contributed by atoms with van der Waals surface area (Å²) < 4.78 is 0. The van der Waals surface area contributed by atoms with E-state index in [1.54, 1.807) is 0 Å². The van der Waals surface area contributed by atoms with E-state index in [0.717, 1.165) is 32.2 Å². The first-order valence-corrected chi connectivity index (χ1v) is 7.40. The van der Waals surface area contributed by atoms with Gasteiger partial charge in [-0.1, -0.05) is 13.8 Å². The van der Waals surface area contributed by atoms with Gasteiger partial charge in [-0.3, -0.25) is 9.59 Å². The van der Waals surface area contributed by atoms with Crippen molar-refractivity contribution in [1.29, 1.82) is 0 Å². The molecule has 1 aliphatic carbocycles. The van der Waals surface area contributed by atoms with E-state index < -0.39 is 0 Å². The van der Waals surface area contributed by atoms with Crippen LogP contribution in [0, 0.1) is 0 Å². The van der Waals surface area contributed by atoms with Crippen LogP contribution in [0.5, 0.6) is 0 Å². The van der Waals surface area contributed by atoms with Crippen LogP contribution >= 0.6 is 0 Å². The molecule has 1 saturated carbocycles. The molecule has 0 bridgehead atoms. The van der Waals surface area contributed by atoms with Gasteiger partial charge in [-0.2, -0.15) is 0 Å². The number of hydrogen-bond acceptors (Lipinski definition) is 3. The number of amides is 2. The van der Waals surface area contributed by atoms with Crippen LogP contribution in [0.3, 0.4) is 0 Å². The van der Waals surface area contributed by atoms with Gasteiger partial charge in [-0.05, 0) is 25.7 Å². The summed E-state index contributed by atoms with van der Waals surface area (Å²) in [7, 11) is 0. The third-order valence-corrected chi connectivity index (χ3v) is 3.62. The van der Waals surface area contributed by atoms with Crippen LogP contribution in [0.15, 0.2) is 0 Å². The standard InChI is InChI=1S/C14H25N3O2/c1-10(2)15-12-4-3-8-17(14(12)19)9-7-13(18)16-11-5-6-11/h10-12,15H,3-9H2,1-2H3,(H,16,18). The van der Waals surface area contributed by atoms with Gasteiger partial charge in [0.1, 0.15) is 0 Å². The molecule has 5 heteroatoms. The summed E-state index contributed by atoms with van der Waals surface area (Å²) >= 11 is 0. The lowest BCUT2D eigenvalue weighted by atomic mass is 10.0. The highest BCUT2D eigenvalue weighted by atomic mass is 16.2. The van der Waals surface area contributed by atoms with Crippen LogP contribution in [-0.2, 0) is 9.59 Å². The molecule has 0 aromatic rings. The van der Waals surface area contributed by atoms with E-state index >= 15 is 0 Å². The summed E-state index contributed by atoms with van der Waals surface area (Å²) in [6.45, 7) is 5.43. The number of rotatable bonds is 6. The summed E-state index contributed by atoms with van der Waals surface area (Å²) in [6, 6.07) is 0.646. The molecule has 2 aliphatic rings. The maximum atomic E-state index is 12.2. The molecule has 1 atom stereocenters. The molecular weight excluding hydrogens is 242 g/mol. The van der Waals surface area contributed by atoms with Crippen molar-refractivity contribution in [2.75, 3.05) is 13.1 Å². The smallest absolute Gasteiger partial charge is 0.239 e. The minimum Gasteiger partial charge on any atom is -0.353 e. The van der Waals surface area contributed by atoms with Crippen LogP contribution in [0.4, 0.5) is 0 Å². The molecule has 108 valence electrons. The molecule has 2 N–H and O–H groups in total. The van der Waals surface area contributed by atoms with Crippen molar-refractivity contribution < 1.29 is 9.59 Å². The predicted octanol–water partition coefficient (Wildman–Crippen LogP) is 0.644. The highest BCUT2D eigenvalue weighted by molar-refractivity contribution is 5.83. The van der Waals surface area contributed by atoms with Crippen LogP contribution in [0.25, 0.3) is 0 Å². The van der Waals surface area contributed by atoms with Gasteiger partial charge in [0.25, 0.3) is 0 Å². The van der Waals surface area contributed by atoms with Crippen molar-refractivity contribution in [2.45, 2.75) is 64.1 Å². The van der Waals surface area contributed by atoms with Crippen molar-refractivity contribution >= 4 is 11.8 Å². The molecular formula is C14H25N3O2. The molecule has 2 rings (SSSR count). The molecule has 2 fully saturated rings. The first-order valence-electron chi connectivity index (χ1n) is 7.40. The molecule has 1 saturated heterocycles. The van der Waals surface area contributed by atoms with E-state index in [-0.39, 0.29) is 17.9 Å². The Morgan fingerprint density at radius 3 is 2.74 bits per heavy atom. The molecule has 0 spiro atoms. The second kappa shape index (κ2) is 6.37. The molecule has 1 aliphatic heterocycles. The van der Waals surface area contributed by atoms with Gasteiger partial charge in [0.15, 0.2) is 0 Å². The topological polar surface area (TPSA) is 61.4 Å². The summed E-state index contributed by atoms with van der Waals surface area (Å²) in [5.74, 6) is 0.230. The molecule has 0 aromatic heterocycles. The van der Waals surface area contributed by atoms with Crippen molar-refractivity contribution in [3.05, 3.63) is 0 Å². The number of carbonyl (C=O) groups excluding carboxylic acids is 2. The van der Waals surface area contributed by atoms with E-state index in [0.29, 0.717) is 25.0 Å². The zero-order valence-corrected chi connectivity index (χ0v) is 11.9. The van der Waals surface area contributed by atoms with Crippen molar-refractivity contribution in [3.63, 3.8) is 0 Å². The lowest BCUT2D eigenvalue weighted by Gasteiger charge is -2.33. The molecule has 0 aromatic carbocycles. The Morgan fingerprint density at radius 1 is 1.37 bits per heavy atom. The first-order chi connectivity index (χ1) is 9.06. The average Bonchev–Trinajstić information content (AvgIpc) is 3.13. The van der Waals surface area contributed by atoms with E-state index in [9.17, 15) is 9.59 Å².